The summed E-state index contributed by atoms with van der Waals surface area (Å²) in [5.41, 5.74) is 0.524. The zero-order valence-corrected chi connectivity index (χ0v) is 7.22. The number of hydrogen-bond acceptors (Lipinski definition) is 1. The number of aliphatic imine (C=N–C) groups is 1. The van der Waals surface area contributed by atoms with Gasteiger partial charge in [0, 0.05) is 5.71 Å². The van der Waals surface area contributed by atoms with Gasteiger partial charge in [-0.25, -0.2) is 0 Å². The third-order valence-corrected chi connectivity index (χ3v) is 3.14. The van der Waals surface area contributed by atoms with E-state index >= 15 is 0 Å². The zero-order valence-electron chi connectivity index (χ0n) is 5.70. The average molecular weight is 166 g/mol. The molecule has 0 N–H and O–H groups in total. The third-order valence-electron chi connectivity index (χ3n) is 1.67. The standard InChI is InChI=1S/C6H9Cl2N/c1-4-6(7,8)5(2,3)9-4/h1-3H3. The molecule has 52 valence electrons. The van der Waals surface area contributed by atoms with E-state index in [0.29, 0.717) is 0 Å². The van der Waals surface area contributed by atoms with Gasteiger partial charge in [0.05, 0.1) is 5.54 Å². The summed E-state index contributed by atoms with van der Waals surface area (Å²) in [6.07, 6.45) is 0. The maximum atomic E-state index is 5.88. The summed E-state index contributed by atoms with van der Waals surface area (Å²) in [5, 5.41) is 0. The van der Waals surface area contributed by atoms with E-state index in [0.717, 1.165) is 5.71 Å². The molecule has 0 aromatic heterocycles. The first-order chi connectivity index (χ1) is 3.88. The van der Waals surface area contributed by atoms with Crippen LogP contribution in [0.25, 0.3) is 0 Å². The van der Waals surface area contributed by atoms with E-state index < -0.39 is 4.33 Å². The number of hydrogen-bond donors (Lipinski definition) is 0. The monoisotopic (exact) mass is 165 g/mol. The van der Waals surface area contributed by atoms with E-state index in [9.17, 15) is 0 Å². The Morgan fingerprint density at radius 1 is 1.33 bits per heavy atom. The Hall–Kier alpha value is 0.250. The molecule has 0 atom stereocenters. The Bertz CT molecular complexity index is 170. The molecule has 1 aliphatic heterocycles. The van der Waals surface area contributed by atoms with Crippen LogP contribution in [0, 0.1) is 0 Å². The lowest BCUT2D eigenvalue weighted by Crippen LogP contribution is -2.54. The van der Waals surface area contributed by atoms with Gasteiger partial charge in [-0.15, -0.1) is 0 Å². The van der Waals surface area contributed by atoms with E-state index in [2.05, 4.69) is 4.99 Å². The van der Waals surface area contributed by atoms with E-state index in [1.165, 1.54) is 0 Å². The van der Waals surface area contributed by atoms with Crippen molar-refractivity contribution in [1.29, 1.82) is 0 Å². The molecule has 0 radical (unpaired) electrons. The van der Waals surface area contributed by atoms with Gasteiger partial charge in [0.1, 0.15) is 0 Å². The molecule has 0 fully saturated rings. The van der Waals surface area contributed by atoms with Crippen LogP contribution in [0.2, 0.25) is 0 Å². The molecule has 0 amide bonds. The Balaban J connectivity index is 2.94. The fourth-order valence-corrected chi connectivity index (χ4v) is 1.12. The first-order valence-corrected chi connectivity index (χ1v) is 3.58. The smallest absolute Gasteiger partial charge is 0.179 e. The number of alkyl halides is 2. The minimum absolute atomic E-state index is 0.291. The summed E-state index contributed by atoms with van der Waals surface area (Å²) in [6, 6.07) is 0. The molecule has 1 rings (SSSR count). The molecule has 0 spiro atoms. The Morgan fingerprint density at radius 2 is 1.78 bits per heavy atom. The molecule has 0 saturated heterocycles. The van der Waals surface area contributed by atoms with Gasteiger partial charge < -0.3 is 0 Å². The lowest BCUT2D eigenvalue weighted by molar-refractivity contribution is 0.469. The van der Waals surface area contributed by atoms with Crippen molar-refractivity contribution in [3.8, 4) is 0 Å². The van der Waals surface area contributed by atoms with Crippen LogP contribution >= 0.6 is 23.2 Å². The number of halogens is 2. The second-order valence-electron chi connectivity index (χ2n) is 2.83. The SMILES string of the molecule is CC1=NC(C)(C)C1(Cl)Cl. The molecule has 0 unspecified atom stereocenters. The predicted octanol–water partition coefficient (Wildman–Crippen LogP) is 2.41. The molecule has 9 heavy (non-hydrogen) atoms. The zero-order chi connectivity index (χ0) is 7.28. The molecule has 1 aliphatic rings. The van der Waals surface area contributed by atoms with Crippen molar-refractivity contribution >= 4 is 28.9 Å². The summed E-state index contributed by atoms with van der Waals surface area (Å²) >= 11 is 11.8. The van der Waals surface area contributed by atoms with Crippen LogP contribution in [-0.2, 0) is 0 Å². The molecule has 3 heteroatoms. The van der Waals surface area contributed by atoms with Gasteiger partial charge in [-0.2, -0.15) is 0 Å². The Kier molecular flexibility index (Phi) is 1.34. The summed E-state index contributed by atoms with van der Waals surface area (Å²) in [4.78, 5) is 4.16. The molecule has 0 aromatic rings. The van der Waals surface area contributed by atoms with E-state index in [1.54, 1.807) is 0 Å². The highest BCUT2D eigenvalue weighted by molar-refractivity contribution is 6.61. The van der Waals surface area contributed by atoms with Crippen molar-refractivity contribution < 1.29 is 0 Å². The van der Waals surface area contributed by atoms with Gasteiger partial charge in [0.25, 0.3) is 0 Å². The van der Waals surface area contributed by atoms with Gasteiger partial charge in [0.2, 0.25) is 0 Å². The van der Waals surface area contributed by atoms with E-state index in [1.807, 2.05) is 20.8 Å². The van der Waals surface area contributed by atoms with Crippen LogP contribution in [0.15, 0.2) is 4.99 Å². The quantitative estimate of drug-likeness (QED) is 0.490. The van der Waals surface area contributed by atoms with Crippen LogP contribution in [0.5, 0.6) is 0 Å². The molecular weight excluding hydrogens is 157 g/mol. The van der Waals surface area contributed by atoms with Crippen LogP contribution in [0.4, 0.5) is 0 Å². The van der Waals surface area contributed by atoms with E-state index in [4.69, 9.17) is 23.2 Å². The minimum atomic E-state index is -0.729. The summed E-state index contributed by atoms with van der Waals surface area (Å²) in [5.74, 6) is 0. The molecule has 0 aliphatic carbocycles. The highest BCUT2D eigenvalue weighted by Gasteiger charge is 2.52. The van der Waals surface area contributed by atoms with Crippen LogP contribution in [0.3, 0.4) is 0 Å². The maximum absolute atomic E-state index is 5.88. The second-order valence-corrected chi connectivity index (χ2v) is 4.16. The van der Waals surface area contributed by atoms with Crippen LogP contribution in [0.1, 0.15) is 20.8 Å². The number of nitrogens with zero attached hydrogens (tertiary/aromatic N) is 1. The van der Waals surface area contributed by atoms with Crippen molar-refractivity contribution in [2.45, 2.75) is 30.6 Å². The predicted molar refractivity (Wildman–Crippen MR) is 41.6 cm³/mol. The van der Waals surface area contributed by atoms with Crippen molar-refractivity contribution in [3.63, 3.8) is 0 Å². The summed E-state index contributed by atoms with van der Waals surface area (Å²) in [6.45, 7) is 5.67. The maximum Gasteiger partial charge on any atom is 0.179 e. The van der Waals surface area contributed by atoms with Crippen molar-refractivity contribution in [2.75, 3.05) is 0 Å². The summed E-state index contributed by atoms with van der Waals surface area (Å²) < 4.78 is -0.729. The minimum Gasteiger partial charge on any atom is -0.282 e. The highest BCUT2D eigenvalue weighted by atomic mass is 35.5. The third kappa shape index (κ3) is 0.786. The molecule has 1 heterocycles. The van der Waals surface area contributed by atoms with Gasteiger partial charge in [-0.1, -0.05) is 23.2 Å². The normalized spacial score (nSPS) is 28.8. The number of rotatable bonds is 0. The first kappa shape index (κ1) is 7.36. The molecule has 1 nitrogen and oxygen atoms in total. The van der Waals surface area contributed by atoms with Crippen LogP contribution in [-0.4, -0.2) is 15.6 Å². The van der Waals surface area contributed by atoms with Crippen molar-refractivity contribution in [1.82, 2.24) is 0 Å². The lowest BCUT2D eigenvalue weighted by atomic mass is 9.90. The molecule has 0 saturated carbocycles. The molecule has 0 bridgehead atoms. The fraction of sp³-hybridized carbons (Fsp3) is 0.833. The molecular formula is C6H9Cl2N. The molecule has 0 aromatic carbocycles. The average Bonchev–Trinajstić information content (AvgIpc) is 1.65. The first-order valence-electron chi connectivity index (χ1n) is 2.83. The van der Waals surface area contributed by atoms with Crippen molar-refractivity contribution in [2.24, 2.45) is 4.99 Å². The van der Waals surface area contributed by atoms with Gasteiger partial charge in [-0.3, -0.25) is 4.99 Å². The highest BCUT2D eigenvalue weighted by Crippen LogP contribution is 2.45. The Labute approximate surface area is 65.1 Å². The lowest BCUT2D eigenvalue weighted by Gasteiger charge is -2.43. The summed E-state index contributed by atoms with van der Waals surface area (Å²) in [7, 11) is 0. The van der Waals surface area contributed by atoms with E-state index in [-0.39, 0.29) is 5.54 Å². The van der Waals surface area contributed by atoms with Crippen molar-refractivity contribution in [3.05, 3.63) is 0 Å². The van der Waals surface area contributed by atoms with Gasteiger partial charge in [0.15, 0.2) is 4.33 Å². The fourth-order valence-electron chi connectivity index (χ4n) is 0.949. The largest absolute Gasteiger partial charge is 0.282 e. The van der Waals surface area contributed by atoms with Crippen LogP contribution < -0.4 is 0 Å². The Morgan fingerprint density at radius 3 is 1.78 bits per heavy atom. The van der Waals surface area contributed by atoms with Gasteiger partial charge in [-0.05, 0) is 20.8 Å². The van der Waals surface area contributed by atoms with Gasteiger partial charge >= 0.3 is 0 Å². The second kappa shape index (κ2) is 1.64. The topological polar surface area (TPSA) is 12.4 Å².